The van der Waals surface area contributed by atoms with Crippen LogP contribution in [0.3, 0.4) is 0 Å². The molecule has 23 heavy (non-hydrogen) atoms. The lowest BCUT2D eigenvalue weighted by Crippen LogP contribution is -2.24. The molecule has 2 aromatic rings. The smallest absolute Gasteiger partial charge is 0.337 e. The molecule has 0 saturated carbocycles. The minimum atomic E-state index is -0.373. The van der Waals surface area contributed by atoms with E-state index in [2.05, 4.69) is 24.9 Å². The van der Waals surface area contributed by atoms with Gasteiger partial charge in [0, 0.05) is 18.8 Å². The van der Waals surface area contributed by atoms with E-state index in [-0.39, 0.29) is 5.97 Å². The molecular weight excluding hydrogens is 294 g/mol. The monoisotopic (exact) mass is 315 g/mol. The van der Waals surface area contributed by atoms with E-state index in [4.69, 9.17) is 5.73 Å². The number of carbonyl (C=O) groups excluding carboxylic acids is 1. The number of nitrogens with two attached hydrogens (primary N) is 1. The van der Waals surface area contributed by atoms with Crippen molar-refractivity contribution >= 4 is 29.0 Å². The molecule has 1 heterocycles. The Kier molecular flexibility index (Phi) is 5.35. The van der Waals surface area contributed by atoms with E-state index in [0.29, 0.717) is 22.9 Å². The summed E-state index contributed by atoms with van der Waals surface area (Å²) in [6, 6.07) is 6.89. The van der Waals surface area contributed by atoms with Gasteiger partial charge in [0.15, 0.2) is 11.6 Å². The predicted octanol–water partition coefficient (Wildman–Crippen LogP) is 2.44. The summed E-state index contributed by atoms with van der Waals surface area (Å²) in [6.45, 7) is 5.71. The largest absolute Gasteiger partial charge is 0.465 e. The van der Waals surface area contributed by atoms with Crippen LogP contribution in [0.5, 0.6) is 0 Å². The van der Waals surface area contributed by atoms with Crippen molar-refractivity contribution in [3.05, 3.63) is 36.2 Å². The summed E-state index contributed by atoms with van der Waals surface area (Å²) < 4.78 is 4.67. The van der Waals surface area contributed by atoms with Gasteiger partial charge in [-0.2, -0.15) is 0 Å². The van der Waals surface area contributed by atoms with E-state index >= 15 is 0 Å². The second-order valence-electron chi connectivity index (χ2n) is 4.83. The second-order valence-corrected chi connectivity index (χ2v) is 4.83. The number of anilines is 4. The van der Waals surface area contributed by atoms with Crippen molar-refractivity contribution in [1.82, 2.24) is 9.97 Å². The molecule has 2 rings (SSSR count). The van der Waals surface area contributed by atoms with E-state index in [1.54, 1.807) is 24.3 Å². The summed E-state index contributed by atoms with van der Waals surface area (Å²) in [4.78, 5) is 21.9. The number of nitrogens with zero attached hydrogens (tertiary/aromatic N) is 3. The van der Waals surface area contributed by atoms with E-state index in [0.717, 1.165) is 18.8 Å². The third-order valence-electron chi connectivity index (χ3n) is 3.49. The standard InChI is InChI=1S/C16H21N5O2/c1-4-21(5-2)15-13(17)14(18-10-19-15)20-12-8-6-11(7-9-12)16(22)23-3/h6-10H,4-5,17H2,1-3H3,(H,18,19,20). The number of aromatic nitrogens is 2. The van der Waals surface area contributed by atoms with Gasteiger partial charge in [-0.3, -0.25) is 0 Å². The maximum absolute atomic E-state index is 11.4. The number of hydrogen-bond donors (Lipinski definition) is 2. The maximum atomic E-state index is 11.4. The normalized spacial score (nSPS) is 10.2. The zero-order chi connectivity index (χ0) is 16.8. The van der Waals surface area contributed by atoms with E-state index < -0.39 is 0 Å². The van der Waals surface area contributed by atoms with Crippen LogP contribution >= 0.6 is 0 Å². The molecule has 0 saturated heterocycles. The number of esters is 1. The Bertz CT molecular complexity index is 669. The summed E-state index contributed by atoms with van der Waals surface area (Å²) in [5.41, 5.74) is 7.93. The Morgan fingerprint density at radius 3 is 2.43 bits per heavy atom. The number of nitrogen functional groups attached to an aromatic ring is 1. The lowest BCUT2D eigenvalue weighted by molar-refractivity contribution is 0.0601. The summed E-state index contributed by atoms with van der Waals surface area (Å²) in [7, 11) is 1.35. The van der Waals surface area contributed by atoms with Crippen LogP contribution in [0.2, 0.25) is 0 Å². The van der Waals surface area contributed by atoms with Gasteiger partial charge in [-0.15, -0.1) is 0 Å². The molecule has 1 aromatic heterocycles. The highest BCUT2D eigenvalue weighted by atomic mass is 16.5. The van der Waals surface area contributed by atoms with Crippen LogP contribution in [-0.4, -0.2) is 36.1 Å². The minimum absolute atomic E-state index is 0.373. The van der Waals surface area contributed by atoms with Gasteiger partial charge in [-0.25, -0.2) is 14.8 Å². The first-order chi connectivity index (χ1) is 11.1. The number of rotatable bonds is 6. The second kappa shape index (κ2) is 7.44. The molecule has 0 aliphatic heterocycles. The van der Waals surface area contributed by atoms with E-state index in [9.17, 15) is 4.79 Å². The average Bonchev–Trinajstić information content (AvgIpc) is 2.59. The molecule has 122 valence electrons. The third-order valence-corrected chi connectivity index (χ3v) is 3.49. The lowest BCUT2D eigenvalue weighted by atomic mass is 10.2. The van der Waals surface area contributed by atoms with Crippen molar-refractivity contribution in [3.8, 4) is 0 Å². The first-order valence-electron chi connectivity index (χ1n) is 7.41. The van der Waals surface area contributed by atoms with Crippen LogP contribution in [-0.2, 0) is 4.74 Å². The van der Waals surface area contributed by atoms with Gasteiger partial charge in [-0.05, 0) is 38.1 Å². The number of benzene rings is 1. The van der Waals surface area contributed by atoms with Crippen molar-refractivity contribution < 1.29 is 9.53 Å². The highest BCUT2D eigenvalue weighted by Gasteiger charge is 2.13. The molecule has 0 aliphatic carbocycles. The number of hydrogen-bond acceptors (Lipinski definition) is 7. The average molecular weight is 315 g/mol. The SMILES string of the molecule is CCN(CC)c1ncnc(Nc2ccc(C(=O)OC)cc2)c1N. The van der Waals surface area contributed by atoms with Crippen molar-refractivity contribution in [2.45, 2.75) is 13.8 Å². The Hall–Kier alpha value is -2.83. The van der Waals surface area contributed by atoms with Crippen LogP contribution in [0.25, 0.3) is 0 Å². The number of carbonyl (C=O) groups is 1. The van der Waals surface area contributed by atoms with Gasteiger partial charge >= 0.3 is 5.97 Å². The fourth-order valence-corrected chi connectivity index (χ4v) is 2.21. The molecule has 0 radical (unpaired) electrons. The van der Waals surface area contributed by atoms with Crippen molar-refractivity contribution in [2.24, 2.45) is 0 Å². The summed E-state index contributed by atoms with van der Waals surface area (Å²) >= 11 is 0. The van der Waals surface area contributed by atoms with Gasteiger partial charge in [0.2, 0.25) is 0 Å². The highest BCUT2D eigenvalue weighted by Crippen LogP contribution is 2.28. The molecule has 3 N–H and O–H groups in total. The Balaban J connectivity index is 2.23. The molecule has 0 aliphatic rings. The summed E-state index contributed by atoms with van der Waals surface area (Å²) in [5, 5.41) is 3.14. The molecule has 0 amide bonds. The zero-order valence-electron chi connectivity index (χ0n) is 13.5. The fourth-order valence-electron chi connectivity index (χ4n) is 2.21. The van der Waals surface area contributed by atoms with Crippen LogP contribution in [0.15, 0.2) is 30.6 Å². The molecule has 7 nitrogen and oxygen atoms in total. The molecule has 0 fully saturated rings. The summed E-state index contributed by atoms with van der Waals surface area (Å²) in [5.74, 6) is 0.869. The number of methoxy groups -OCH3 is 1. The van der Waals surface area contributed by atoms with Crippen molar-refractivity contribution in [1.29, 1.82) is 0 Å². The van der Waals surface area contributed by atoms with E-state index in [1.807, 2.05) is 13.8 Å². The van der Waals surface area contributed by atoms with Crippen LogP contribution in [0.4, 0.5) is 23.0 Å². The predicted molar refractivity (Wildman–Crippen MR) is 91.1 cm³/mol. The molecular formula is C16H21N5O2. The summed E-state index contributed by atoms with van der Waals surface area (Å²) in [6.07, 6.45) is 1.48. The lowest BCUT2D eigenvalue weighted by Gasteiger charge is -2.22. The van der Waals surface area contributed by atoms with Crippen molar-refractivity contribution in [2.75, 3.05) is 36.1 Å². The van der Waals surface area contributed by atoms with Gasteiger partial charge in [0.1, 0.15) is 12.0 Å². The Labute approximate surface area is 135 Å². The van der Waals surface area contributed by atoms with Crippen LogP contribution in [0.1, 0.15) is 24.2 Å². The van der Waals surface area contributed by atoms with Crippen LogP contribution < -0.4 is 16.0 Å². The highest BCUT2D eigenvalue weighted by molar-refractivity contribution is 5.90. The molecule has 1 aromatic carbocycles. The van der Waals surface area contributed by atoms with Crippen molar-refractivity contribution in [3.63, 3.8) is 0 Å². The molecule has 0 unspecified atom stereocenters. The Morgan fingerprint density at radius 1 is 1.22 bits per heavy atom. The first-order valence-corrected chi connectivity index (χ1v) is 7.41. The topological polar surface area (TPSA) is 93.4 Å². The van der Waals surface area contributed by atoms with Crippen LogP contribution in [0, 0.1) is 0 Å². The van der Waals surface area contributed by atoms with Gasteiger partial charge < -0.3 is 20.7 Å². The molecule has 0 bridgehead atoms. The fraction of sp³-hybridized carbons (Fsp3) is 0.312. The number of nitrogens with one attached hydrogen (secondary N) is 1. The Morgan fingerprint density at radius 2 is 1.87 bits per heavy atom. The first kappa shape index (κ1) is 16.5. The van der Waals surface area contributed by atoms with Gasteiger partial charge in [0.25, 0.3) is 0 Å². The number of ether oxygens (including phenoxy) is 1. The van der Waals surface area contributed by atoms with Gasteiger partial charge in [-0.1, -0.05) is 0 Å². The third kappa shape index (κ3) is 3.68. The molecule has 7 heteroatoms. The zero-order valence-corrected chi connectivity index (χ0v) is 13.5. The van der Waals surface area contributed by atoms with Gasteiger partial charge in [0.05, 0.1) is 12.7 Å². The maximum Gasteiger partial charge on any atom is 0.337 e. The molecule has 0 spiro atoms. The quantitative estimate of drug-likeness (QED) is 0.791. The molecule has 0 atom stereocenters. The minimum Gasteiger partial charge on any atom is -0.465 e. The van der Waals surface area contributed by atoms with E-state index in [1.165, 1.54) is 13.4 Å².